The monoisotopic (exact) mass is 294 g/mol. The van der Waals surface area contributed by atoms with Crippen LogP contribution < -0.4 is 5.32 Å². The van der Waals surface area contributed by atoms with Gasteiger partial charge in [-0.1, -0.05) is 13.8 Å². The highest BCUT2D eigenvalue weighted by molar-refractivity contribution is 7.88. The van der Waals surface area contributed by atoms with E-state index in [9.17, 15) is 13.2 Å². The minimum Gasteiger partial charge on any atom is -0.383 e. The van der Waals surface area contributed by atoms with Crippen LogP contribution in [0.2, 0.25) is 0 Å². The van der Waals surface area contributed by atoms with Crippen LogP contribution in [-0.2, 0) is 19.6 Å². The summed E-state index contributed by atoms with van der Waals surface area (Å²) >= 11 is 0. The second-order valence-electron chi connectivity index (χ2n) is 4.94. The zero-order valence-electron chi connectivity index (χ0n) is 12.3. The molecule has 0 bridgehead atoms. The van der Waals surface area contributed by atoms with E-state index < -0.39 is 10.0 Å². The van der Waals surface area contributed by atoms with Crippen molar-refractivity contribution >= 4 is 15.9 Å². The van der Waals surface area contributed by atoms with Crippen LogP contribution in [0.1, 0.15) is 26.7 Å². The second-order valence-corrected chi connectivity index (χ2v) is 6.92. The lowest BCUT2D eigenvalue weighted by Gasteiger charge is -2.19. The molecule has 1 amide bonds. The molecule has 0 rings (SSSR count). The molecule has 7 heteroatoms. The fourth-order valence-corrected chi connectivity index (χ4v) is 2.28. The number of sulfonamides is 1. The SMILES string of the molecule is COCCN(CCC(=O)NCCC(C)C)S(C)(=O)=O. The molecule has 0 aromatic carbocycles. The molecule has 0 spiro atoms. The van der Waals surface area contributed by atoms with Crippen LogP contribution in [0.3, 0.4) is 0 Å². The molecule has 0 aliphatic heterocycles. The fourth-order valence-electron chi connectivity index (χ4n) is 1.45. The second kappa shape index (κ2) is 9.28. The van der Waals surface area contributed by atoms with Gasteiger partial charge in [0.05, 0.1) is 12.9 Å². The number of carbonyl (C=O) groups excluding carboxylic acids is 1. The third-order valence-corrected chi connectivity index (χ3v) is 3.95. The molecule has 0 aromatic heterocycles. The van der Waals surface area contributed by atoms with Gasteiger partial charge in [0.2, 0.25) is 15.9 Å². The quantitative estimate of drug-likeness (QED) is 0.634. The molecule has 0 saturated heterocycles. The predicted molar refractivity (Wildman–Crippen MR) is 75.4 cm³/mol. The van der Waals surface area contributed by atoms with E-state index in [4.69, 9.17) is 4.74 Å². The molecule has 0 aromatic rings. The van der Waals surface area contributed by atoms with Crippen LogP contribution in [0.4, 0.5) is 0 Å². The summed E-state index contributed by atoms with van der Waals surface area (Å²) in [7, 11) is -1.78. The summed E-state index contributed by atoms with van der Waals surface area (Å²) in [5, 5.41) is 2.79. The van der Waals surface area contributed by atoms with Crippen molar-refractivity contribution in [2.24, 2.45) is 5.92 Å². The Labute approximate surface area is 116 Å². The highest BCUT2D eigenvalue weighted by atomic mass is 32.2. The number of rotatable bonds is 10. The number of hydrogen-bond donors (Lipinski definition) is 1. The Balaban J connectivity index is 4.07. The molecule has 1 N–H and O–H groups in total. The van der Waals surface area contributed by atoms with Gasteiger partial charge in [-0.2, -0.15) is 4.31 Å². The summed E-state index contributed by atoms with van der Waals surface area (Å²) in [4.78, 5) is 11.6. The third-order valence-electron chi connectivity index (χ3n) is 2.65. The van der Waals surface area contributed by atoms with Crippen LogP contribution >= 0.6 is 0 Å². The van der Waals surface area contributed by atoms with Crippen LogP contribution in [0.25, 0.3) is 0 Å². The van der Waals surface area contributed by atoms with Gasteiger partial charge >= 0.3 is 0 Å². The Kier molecular flexibility index (Phi) is 8.95. The van der Waals surface area contributed by atoms with Gasteiger partial charge in [-0.25, -0.2) is 8.42 Å². The first-order valence-electron chi connectivity index (χ1n) is 6.48. The van der Waals surface area contributed by atoms with Crippen molar-refractivity contribution in [1.29, 1.82) is 0 Å². The third kappa shape index (κ3) is 9.86. The Bertz CT molecular complexity index is 355. The molecular weight excluding hydrogens is 268 g/mol. The fraction of sp³-hybridized carbons (Fsp3) is 0.917. The molecule has 19 heavy (non-hydrogen) atoms. The predicted octanol–water partition coefficient (Wildman–Crippen LogP) is 0.447. The first-order valence-corrected chi connectivity index (χ1v) is 8.33. The Morgan fingerprint density at radius 3 is 2.42 bits per heavy atom. The van der Waals surface area contributed by atoms with E-state index in [1.807, 2.05) is 0 Å². The molecule has 114 valence electrons. The van der Waals surface area contributed by atoms with Crippen molar-refractivity contribution in [2.75, 3.05) is 39.6 Å². The maximum atomic E-state index is 11.6. The molecule has 0 radical (unpaired) electrons. The van der Waals surface area contributed by atoms with Gasteiger partial charge < -0.3 is 10.1 Å². The zero-order valence-corrected chi connectivity index (χ0v) is 13.1. The van der Waals surface area contributed by atoms with Crippen molar-refractivity contribution in [3.63, 3.8) is 0 Å². The van der Waals surface area contributed by atoms with Crippen LogP contribution in [0, 0.1) is 5.92 Å². The van der Waals surface area contributed by atoms with Crippen molar-refractivity contribution < 1.29 is 17.9 Å². The largest absolute Gasteiger partial charge is 0.383 e. The van der Waals surface area contributed by atoms with E-state index in [0.29, 0.717) is 19.1 Å². The Morgan fingerprint density at radius 2 is 1.95 bits per heavy atom. The van der Waals surface area contributed by atoms with E-state index in [-0.39, 0.29) is 25.4 Å². The number of nitrogens with zero attached hydrogens (tertiary/aromatic N) is 1. The first kappa shape index (κ1) is 18.3. The molecule has 0 heterocycles. The lowest BCUT2D eigenvalue weighted by atomic mass is 10.1. The number of amides is 1. The maximum Gasteiger partial charge on any atom is 0.221 e. The van der Waals surface area contributed by atoms with Gasteiger partial charge in [-0.3, -0.25) is 4.79 Å². The topological polar surface area (TPSA) is 75.7 Å². The molecule has 0 aliphatic carbocycles. The summed E-state index contributed by atoms with van der Waals surface area (Å²) in [6.07, 6.45) is 2.24. The zero-order chi connectivity index (χ0) is 14.9. The lowest BCUT2D eigenvalue weighted by Crippen LogP contribution is -2.36. The van der Waals surface area contributed by atoms with Crippen molar-refractivity contribution in [2.45, 2.75) is 26.7 Å². The van der Waals surface area contributed by atoms with E-state index in [1.165, 1.54) is 11.4 Å². The van der Waals surface area contributed by atoms with Crippen LogP contribution in [-0.4, -0.2) is 58.2 Å². The molecule has 0 saturated carbocycles. The number of ether oxygens (including phenoxy) is 1. The number of hydrogen-bond acceptors (Lipinski definition) is 4. The summed E-state index contributed by atoms with van der Waals surface area (Å²) < 4.78 is 29.1. The Morgan fingerprint density at radius 1 is 1.32 bits per heavy atom. The van der Waals surface area contributed by atoms with Crippen molar-refractivity contribution in [3.05, 3.63) is 0 Å². The minimum absolute atomic E-state index is 0.119. The highest BCUT2D eigenvalue weighted by Gasteiger charge is 2.17. The normalized spacial score (nSPS) is 12.1. The molecule has 0 unspecified atom stereocenters. The lowest BCUT2D eigenvalue weighted by molar-refractivity contribution is -0.121. The molecule has 6 nitrogen and oxygen atoms in total. The summed E-state index contributed by atoms with van der Waals surface area (Å²) in [5.41, 5.74) is 0. The standard InChI is InChI=1S/C12H26N2O4S/c1-11(2)5-7-13-12(15)6-8-14(9-10-18-3)19(4,16)17/h11H,5-10H2,1-4H3,(H,13,15). The summed E-state index contributed by atoms with van der Waals surface area (Å²) in [6.45, 7) is 5.59. The number of methoxy groups -OCH3 is 1. The highest BCUT2D eigenvalue weighted by Crippen LogP contribution is 2.00. The van der Waals surface area contributed by atoms with E-state index in [1.54, 1.807) is 0 Å². The van der Waals surface area contributed by atoms with E-state index in [0.717, 1.165) is 12.7 Å². The summed E-state index contributed by atoms with van der Waals surface area (Å²) in [6, 6.07) is 0. The van der Waals surface area contributed by atoms with Gasteiger partial charge in [0.15, 0.2) is 0 Å². The smallest absolute Gasteiger partial charge is 0.221 e. The van der Waals surface area contributed by atoms with E-state index >= 15 is 0 Å². The van der Waals surface area contributed by atoms with Crippen LogP contribution in [0.5, 0.6) is 0 Å². The van der Waals surface area contributed by atoms with Gasteiger partial charge in [-0.15, -0.1) is 0 Å². The summed E-state index contributed by atoms with van der Waals surface area (Å²) in [5.74, 6) is 0.418. The average Bonchev–Trinajstić information content (AvgIpc) is 2.26. The van der Waals surface area contributed by atoms with Gasteiger partial charge in [-0.05, 0) is 12.3 Å². The molecule has 0 aliphatic rings. The van der Waals surface area contributed by atoms with Gasteiger partial charge in [0.1, 0.15) is 0 Å². The van der Waals surface area contributed by atoms with Crippen LogP contribution in [0.15, 0.2) is 0 Å². The van der Waals surface area contributed by atoms with Crippen molar-refractivity contribution in [3.8, 4) is 0 Å². The number of nitrogens with one attached hydrogen (secondary N) is 1. The molecular formula is C12H26N2O4S. The number of carbonyl (C=O) groups is 1. The first-order chi connectivity index (χ1) is 8.77. The van der Waals surface area contributed by atoms with Gasteiger partial charge in [0, 0.05) is 33.2 Å². The van der Waals surface area contributed by atoms with E-state index in [2.05, 4.69) is 19.2 Å². The Hall–Kier alpha value is -0.660. The van der Waals surface area contributed by atoms with Gasteiger partial charge in [0.25, 0.3) is 0 Å². The minimum atomic E-state index is -3.29. The van der Waals surface area contributed by atoms with Crippen molar-refractivity contribution in [1.82, 2.24) is 9.62 Å². The maximum absolute atomic E-state index is 11.6. The molecule has 0 atom stereocenters. The average molecular weight is 294 g/mol. The molecule has 0 fully saturated rings.